The van der Waals surface area contributed by atoms with Gasteiger partial charge in [0.25, 0.3) is 0 Å². The van der Waals surface area contributed by atoms with E-state index in [1.54, 1.807) is 12.1 Å². The highest BCUT2D eigenvalue weighted by atomic mass is 35.5. The Hall–Kier alpha value is -0.640. The molecule has 1 aromatic rings. The summed E-state index contributed by atoms with van der Waals surface area (Å²) in [4.78, 5) is 0. The standard InChI is InChI=1S/C11H12ClFN2/c12-7-3-5(1-2-8(7)13)11-9-6(4-15-11)10(9)14/h1-3,6,9-11,15H,4,14H2. The van der Waals surface area contributed by atoms with Gasteiger partial charge in [-0.1, -0.05) is 17.7 Å². The summed E-state index contributed by atoms with van der Waals surface area (Å²) < 4.78 is 13.0. The maximum Gasteiger partial charge on any atom is 0.141 e. The summed E-state index contributed by atoms with van der Waals surface area (Å²) in [6.45, 7) is 0.964. The molecular formula is C11H12ClFN2. The number of piperidine rings is 1. The Morgan fingerprint density at radius 2 is 2.27 bits per heavy atom. The summed E-state index contributed by atoms with van der Waals surface area (Å²) in [7, 11) is 0. The van der Waals surface area contributed by atoms with E-state index in [1.807, 2.05) is 0 Å². The molecule has 15 heavy (non-hydrogen) atoms. The number of benzene rings is 1. The average molecular weight is 227 g/mol. The van der Waals surface area contributed by atoms with Gasteiger partial charge in [-0.25, -0.2) is 4.39 Å². The molecule has 1 saturated carbocycles. The second-order valence-electron chi connectivity index (χ2n) is 4.38. The van der Waals surface area contributed by atoms with Gasteiger partial charge in [0.2, 0.25) is 0 Å². The van der Waals surface area contributed by atoms with Crippen LogP contribution in [0.5, 0.6) is 0 Å². The van der Waals surface area contributed by atoms with Gasteiger partial charge in [0.1, 0.15) is 5.82 Å². The molecule has 3 N–H and O–H groups in total. The van der Waals surface area contributed by atoms with Crippen molar-refractivity contribution in [1.82, 2.24) is 5.32 Å². The summed E-state index contributed by atoms with van der Waals surface area (Å²) in [6, 6.07) is 5.46. The van der Waals surface area contributed by atoms with E-state index < -0.39 is 0 Å². The minimum Gasteiger partial charge on any atom is -0.327 e. The van der Waals surface area contributed by atoms with Crippen molar-refractivity contribution in [2.45, 2.75) is 12.1 Å². The van der Waals surface area contributed by atoms with E-state index in [4.69, 9.17) is 17.3 Å². The minimum atomic E-state index is -0.366. The number of nitrogens with one attached hydrogen (secondary N) is 1. The van der Waals surface area contributed by atoms with Crippen LogP contribution in [0.25, 0.3) is 0 Å². The van der Waals surface area contributed by atoms with Crippen LogP contribution >= 0.6 is 11.6 Å². The Balaban J connectivity index is 1.90. The molecule has 2 fully saturated rings. The zero-order chi connectivity index (χ0) is 10.6. The van der Waals surface area contributed by atoms with Crippen LogP contribution in [0.1, 0.15) is 11.6 Å². The van der Waals surface area contributed by atoms with Crippen molar-refractivity contribution in [1.29, 1.82) is 0 Å². The predicted octanol–water partition coefficient (Wildman–Crippen LogP) is 1.70. The van der Waals surface area contributed by atoms with Crippen LogP contribution in [0.4, 0.5) is 4.39 Å². The molecule has 4 atom stereocenters. The van der Waals surface area contributed by atoms with Gasteiger partial charge < -0.3 is 11.1 Å². The van der Waals surface area contributed by atoms with Gasteiger partial charge in [0.15, 0.2) is 0 Å². The van der Waals surface area contributed by atoms with E-state index in [-0.39, 0.29) is 16.9 Å². The van der Waals surface area contributed by atoms with Crippen LogP contribution in [0.3, 0.4) is 0 Å². The van der Waals surface area contributed by atoms with Crippen molar-refractivity contribution in [2.75, 3.05) is 6.54 Å². The largest absolute Gasteiger partial charge is 0.327 e. The molecule has 0 spiro atoms. The number of rotatable bonds is 1. The molecule has 1 aliphatic carbocycles. The van der Waals surface area contributed by atoms with Crippen LogP contribution in [0.15, 0.2) is 18.2 Å². The first kappa shape index (κ1) is 9.58. The molecule has 0 aromatic heterocycles. The SMILES string of the molecule is NC1C2CNC(c3ccc(F)c(Cl)c3)C12. The van der Waals surface area contributed by atoms with Crippen molar-refractivity contribution in [2.24, 2.45) is 17.6 Å². The van der Waals surface area contributed by atoms with Gasteiger partial charge in [0.05, 0.1) is 5.02 Å². The number of hydrogen-bond acceptors (Lipinski definition) is 2. The number of halogens is 2. The highest BCUT2D eigenvalue weighted by Gasteiger charge is 2.56. The highest BCUT2D eigenvalue weighted by Crippen LogP contribution is 2.50. The Morgan fingerprint density at radius 3 is 2.87 bits per heavy atom. The van der Waals surface area contributed by atoms with E-state index in [0.717, 1.165) is 12.1 Å². The van der Waals surface area contributed by atoms with E-state index >= 15 is 0 Å². The third kappa shape index (κ3) is 1.38. The maximum absolute atomic E-state index is 13.0. The third-order valence-electron chi connectivity index (χ3n) is 3.55. The fraction of sp³-hybridized carbons (Fsp3) is 0.455. The molecular weight excluding hydrogens is 215 g/mol. The molecule has 1 heterocycles. The monoisotopic (exact) mass is 226 g/mol. The Bertz CT molecular complexity index is 410. The molecule has 1 aliphatic heterocycles. The topological polar surface area (TPSA) is 38.0 Å². The normalized spacial score (nSPS) is 37.8. The minimum absolute atomic E-state index is 0.187. The lowest BCUT2D eigenvalue weighted by Gasteiger charge is -2.15. The molecule has 4 heteroatoms. The lowest BCUT2D eigenvalue weighted by molar-refractivity contribution is 0.535. The molecule has 2 aliphatic rings. The lowest BCUT2D eigenvalue weighted by atomic mass is 10.0. The number of nitrogens with two attached hydrogens (primary N) is 1. The van der Waals surface area contributed by atoms with Crippen molar-refractivity contribution in [3.8, 4) is 0 Å². The number of fused-ring (bicyclic) bond motifs is 1. The molecule has 4 unspecified atom stereocenters. The zero-order valence-electron chi connectivity index (χ0n) is 8.08. The summed E-state index contributed by atoms with van der Waals surface area (Å²) in [6.07, 6.45) is 0. The number of hydrogen-bond donors (Lipinski definition) is 2. The molecule has 0 bridgehead atoms. The molecule has 3 rings (SSSR count). The molecule has 1 saturated heterocycles. The third-order valence-corrected chi connectivity index (χ3v) is 3.84. The maximum atomic E-state index is 13.0. The van der Waals surface area contributed by atoms with E-state index in [9.17, 15) is 4.39 Å². The zero-order valence-corrected chi connectivity index (χ0v) is 8.84. The second-order valence-corrected chi connectivity index (χ2v) is 4.79. The van der Waals surface area contributed by atoms with E-state index in [0.29, 0.717) is 17.9 Å². The van der Waals surface area contributed by atoms with Gasteiger partial charge in [-0.2, -0.15) is 0 Å². The van der Waals surface area contributed by atoms with Gasteiger partial charge in [-0.3, -0.25) is 0 Å². The predicted molar refractivity (Wildman–Crippen MR) is 57.1 cm³/mol. The van der Waals surface area contributed by atoms with Crippen molar-refractivity contribution in [3.05, 3.63) is 34.6 Å². The van der Waals surface area contributed by atoms with Crippen LogP contribution in [0.2, 0.25) is 5.02 Å². The van der Waals surface area contributed by atoms with Gasteiger partial charge >= 0.3 is 0 Å². The van der Waals surface area contributed by atoms with Crippen molar-refractivity contribution < 1.29 is 4.39 Å². The van der Waals surface area contributed by atoms with Crippen molar-refractivity contribution >= 4 is 11.6 Å². The van der Waals surface area contributed by atoms with E-state index in [2.05, 4.69) is 5.32 Å². The lowest BCUT2D eigenvalue weighted by Crippen LogP contribution is -2.25. The average Bonchev–Trinajstić information content (AvgIpc) is 2.69. The fourth-order valence-electron chi connectivity index (χ4n) is 2.61. The molecule has 0 amide bonds. The van der Waals surface area contributed by atoms with Crippen LogP contribution in [-0.4, -0.2) is 12.6 Å². The van der Waals surface area contributed by atoms with Crippen LogP contribution in [0, 0.1) is 17.7 Å². The summed E-state index contributed by atoms with van der Waals surface area (Å²) in [5.41, 5.74) is 6.96. The van der Waals surface area contributed by atoms with Gasteiger partial charge in [0, 0.05) is 18.6 Å². The Morgan fingerprint density at radius 1 is 1.47 bits per heavy atom. The quantitative estimate of drug-likeness (QED) is 0.765. The summed E-state index contributed by atoms with van der Waals surface area (Å²) >= 11 is 5.76. The first-order valence-corrected chi connectivity index (χ1v) is 5.50. The van der Waals surface area contributed by atoms with Gasteiger partial charge in [-0.15, -0.1) is 0 Å². The molecule has 80 valence electrons. The summed E-state index contributed by atoms with van der Waals surface area (Å²) in [5, 5.41) is 3.58. The Labute approximate surface area is 92.6 Å². The highest BCUT2D eigenvalue weighted by molar-refractivity contribution is 6.30. The summed E-state index contributed by atoms with van der Waals surface area (Å²) in [5.74, 6) is 0.736. The first-order valence-electron chi connectivity index (χ1n) is 5.12. The van der Waals surface area contributed by atoms with Crippen LogP contribution in [-0.2, 0) is 0 Å². The first-order chi connectivity index (χ1) is 7.18. The van der Waals surface area contributed by atoms with Crippen LogP contribution < -0.4 is 11.1 Å². The molecule has 2 nitrogen and oxygen atoms in total. The molecule has 0 radical (unpaired) electrons. The second kappa shape index (κ2) is 3.17. The molecule has 1 aromatic carbocycles. The van der Waals surface area contributed by atoms with E-state index in [1.165, 1.54) is 6.07 Å². The fourth-order valence-corrected chi connectivity index (χ4v) is 2.80. The van der Waals surface area contributed by atoms with Crippen molar-refractivity contribution in [3.63, 3.8) is 0 Å². The van der Waals surface area contributed by atoms with Gasteiger partial charge in [-0.05, 0) is 29.5 Å². The Kier molecular flexibility index (Phi) is 2.03. The smallest absolute Gasteiger partial charge is 0.141 e.